The van der Waals surface area contributed by atoms with E-state index in [1.807, 2.05) is 45.0 Å². The molecule has 3 rings (SSSR count). The number of nitrogens with one attached hydrogen (secondary N) is 1. The lowest BCUT2D eigenvalue weighted by Gasteiger charge is -2.33. The van der Waals surface area contributed by atoms with E-state index in [1.54, 1.807) is 49.6 Å². The van der Waals surface area contributed by atoms with Crippen LogP contribution in [0.25, 0.3) is 0 Å². The third kappa shape index (κ3) is 8.10. The predicted molar refractivity (Wildman–Crippen MR) is 162 cm³/mol. The number of methoxy groups -OCH3 is 1. The molecule has 0 saturated heterocycles. The molecule has 220 valence electrons. The molecule has 41 heavy (non-hydrogen) atoms. The number of rotatable bonds is 13. The first-order valence-corrected chi connectivity index (χ1v) is 15.3. The molecule has 2 amide bonds. The van der Waals surface area contributed by atoms with Gasteiger partial charge >= 0.3 is 0 Å². The Morgan fingerprint density at radius 1 is 0.902 bits per heavy atom. The fraction of sp³-hybridized carbons (Fsp3) is 0.375. The van der Waals surface area contributed by atoms with Gasteiger partial charge < -0.3 is 15.0 Å². The SMILES string of the molecule is CCC(C(=O)NC(C)C)N(Cc1cccc(OC)c1)C(=O)CN(c1ccc(C(C)C)cc1)S(=O)(=O)c1ccccc1. The van der Waals surface area contributed by atoms with Crippen molar-refractivity contribution in [1.82, 2.24) is 10.2 Å². The van der Waals surface area contributed by atoms with E-state index in [4.69, 9.17) is 4.74 Å². The van der Waals surface area contributed by atoms with E-state index in [2.05, 4.69) is 19.2 Å². The number of carbonyl (C=O) groups excluding carboxylic acids is 2. The van der Waals surface area contributed by atoms with Crippen LogP contribution in [0.1, 0.15) is 58.1 Å². The maximum Gasteiger partial charge on any atom is 0.264 e. The van der Waals surface area contributed by atoms with E-state index in [-0.39, 0.29) is 29.3 Å². The lowest BCUT2D eigenvalue weighted by Crippen LogP contribution is -2.53. The van der Waals surface area contributed by atoms with Crippen molar-refractivity contribution in [3.63, 3.8) is 0 Å². The zero-order valence-corrected chi connectivity index (χ0v) is 25.5. The fourth-order valence-electron chi connectivity index (χ4n) is 4.54. The summed E-state index contributed by atoms with van der Waals surface area (Å²) in [6, 6.07) is 21.6. The van der Waals surface area contributed by atoms with Crippen LogP contribution in [0.3, 0.4) is 0 Å². The molecule has 8 nitrogen and oxygen atoms in total. The Hall–Kier alpha value is -3.85. The summed E-state index contributed by atoms with van der Waals surface area (Å²) in [5.41, 5.74) is 2.17. The molecule has 0 aliphatic carbocycles. The van der Waals surface area contributed by atoms with Gasteiger partial charge in [-0.3, -0.25) is 13.9 Å². The van der Waals surface area contributed by atoms with Crippen molar-refractivity contribution in [1.29, 1.82) is 0 Å². The molecule has 0 fully saturated rings. The summed E-state index contributed by atoms with van der Waals surface area (Å²) in [7, 11) is -2.55. The number of hydrogen-bond acceptors (Lipinski definition) is 5. The number of anilines is 1. The largest absolute Gasteiger partial charge is 0.497 e. The molecule has 0 heterocycles. The fourth-order valence-corrected chi connectivity index (χ4v) is 5.98. The first-order valence-electron chi connectivity index (χ1n) is 13.9. The Morgan fingerprint density at radius 3 is 2.12 bits per heavy atom. The standard InChI is InChI=1S/C32H41N3O5S/c1-7-30(32(37)33-24(4)5)34(21-25-12-11-13-28(20-25)40-6)31(36)22-35(27-18-16-26(17-19-27)23(2)3)41(38,39)29-14-9-8-10-15-29/h8-20,23-24,30H,7,21-22H2,1-6H3,(H,33,37). The van der Waals surface area contributed by atoms with Gasteiger partial charge in [0.05, 0.1) is 17.7 Å². The average molecular weight is 580 g/mol. The number of carbonyl (C=O) groups is 2. The minimum atomic E-state index is -4.11. The van der Waals surface area contributed by atoms with Crippen LogP contribution in [-0.2, 0) is 26.2 Å². The van der Waals surface area contributed by atoms with E-state index in [0.717, 1.165) is 15.4 Å². The van der Waals surface area contributed by atoms with Crippen molar-refractivity contribution in [2.45, 2.75) is 70.5 Å². The highest BCUT2D eigenvalue weighted by Gasteiger charge is 2.33. The molecule has 0 aliphatic heterocycles. The highest BCUT2D eigenvalue weighted by atomic mass is 32.2. The molecule has 1 atom stereocenters. The van der Waals surface area contributed by atoms with Crippen LogP contribution in [0.4, 0.5) is 5.69 Å². The summed E-state index contributed by atoms with van der Waals surface area (Å²) in [5, 5.41) is 2.91. The molecular weight excluding hydrogens is 538 g/mol. The molecule has 0 radical (unpaired) electrons. The summed E-state index contributed by atoms with van der Waals surface area (Å²) in [6.45, 7) is 9.28. The van der Waals surface area contributed by atoms with Crippen molar-refractivity contribution in [2.24, 2.45) is 0 Å². The summed E-state index contributed by atoms with van der Waals surface area (Å²) in [5.74, 6) is 0.0876. The van der Waals surface area contributed by atoms with Crippen LogP contribution < -0.4 is 14.4 Å². The number of amides is 2. The van der Waals surface area contributed by atoms with E-state index in [1.165, 1.54) is 17.0 Å². The second-order valence-corrected chi connectivity index (χ2v) is 12.4. The number of hydrogen-bond donors (Lipinski definition) is 1. The van der Waals surface area contributed by atoms with Crippen LogP contribution in [-0.4, -0.2) is 50.9 Å². The molecule has 0 spiro atoms. The summed E-state index contributed by atoms with van der Waals surface area (Å²) in [6.07, 6.45) is 0.350. The van der Waals surface area contributed by atoms with Crippen molar-refractivity contribution in [3.05, 3.63) is 90.0 Å². The van der Waals surface area contributed by atoms with Crippen LogP contribution in [0.5, 0.6) is 5.75 Å². The lowest BCUT2D eigenvalue weighted by molar-refractivity contribution is -0.140. The van der Waals surface area contributed by atoms with Crippen LogP contribution in [0.15, 0.2) is 83.8 Å². The Labute approximate surface area is 244 Å². The van der Waals surface area contributed by atoms with Crippen LogP contribution in [0, 0.1) is 0 Å². The quantitative estimate of drug-likeness (QED) is 0.295. The van der Waals surface area contributed by atoms with Gasteiger partial charge in [-0.1, -0.05) is 63.2 Å². The normalized spacial score (nSPS) is 12.2. The van der Waals surface area contributed by atoms with E-state index in [9.17, 15) is 18.0 Å². The molecule has 0 bridgehead atoms. The van der Waals surface area contributed by atoms with Gasteiger partial charge in [0.15, 0.2) is 0 Å². The van der Waals surface area contributed by atoms with Gasteiger partial charge in [0.25, 0.3) is 10.0 Å². The highest BCUT2D eigenvalue weighted by Crippen LogP contribution is 2.27. The van der Waals surface area contributed by atoms with Crippen LogP contribution in [0.2, 0.25) is 0 Å². The summed E-state index contributed by atoms with van der Waals surface area (Å²) < 4.78 is 34.3. The van der Waals surface area contributed by atoms with E-state index < -0.39 is 28.5 Å². The Kier molecular flexibility index (Phi) is 10.9. The minimum Gasteiger partial charge on any atom is -0.497 e. The van der Waals surface area contributed by atoms with Crippen molar-refractivity contribution < 1.29 is 22.7 Å². The molecule has 3 aromatic carbocycles. The number of nitrogens with zero attached hydrogens (tertiary/aromatic N) is 2. The summed E-state index contributed by atoms with van der Waals surface area (Å²) >= 11 is 0. The second kappa shape index (κ2) is 14.2. The zero-order chi connectivity index (χ0) is 30.2. The predicted octanol–water partition coefficient (Wildman–Crippen LogP) is 5.35. The maximum atomic E-state index is 14.1. The Morgan fingerprint density at radius 2 is 1.56 bits per heavy atom. The highest BCUT2D eigenvalue weighted by molar-refractivity contribution is 7.92. The molecular formula is C32H41N3O5S. The van der Waals surface area contributed by atoms with Gasteiger partial charge in [0.2, 0.25) is 11.8 Å². The zero-order valence-electron chi connectivity index (χ0n) is 24.7. The molecule has 3 aromatic rings. The van der Waals surface area contributed by atoms with Gasteiger partial charge in [0, 0.05) is 12.6 Å². The molecule has 1 unspecified atom stereocenters. The Bertz CT molecular complexity index is 1410. The van der Waals surface area contributed by atoms with Gasteiger partial charge in [-0.25, -0.2) is 8.42 Å². The molecule has 0 aliphatic rings. The molecule has 0 aromatic heterocycles. The van der Waals surface area contributed by atoms with E-state index >= 15 is 0 Å². The number of sulfonamides is 1. The van der Waals surface area contributed by atoms with Gasteiger partial charge in [-0.05, 0) is 73.7 Å². The molecule has 9 heteroatoms. The summed E-state index contributed by atoms with van der Waals surface area (Å²) in [4.78, 5) is 28.9. The Balaban J connectivity index is 2.07. The molecule has 0 saturated carbocycles. The van der Waals surface area contributed by atoms with Gasteiger partial charge in [0.1, 0.15) is 18.3 Å². The van der Waals surface area contributed by atoms with Crippen LogP contribution >= 0.6 is 0 Å². The third-order valence-corrected chi connectivity index (χ3v) is 8.55. The van der Waals surface area contributed by atoms with Crippen molar-refractivity contribution in [2.75, 3.05) is 18.0 Å². The smallest absolute Gasteiger partial charge is 0.264 e. The topological polar surface area (TPSA) is 96.0 Å². The van der Waals surface area contributed by atoms with Gasteiger partial charge in [-0.15, -0.1) is 0 Å². The number of ether oxygens (including phenoxy) is 1. The maximum absolute atomic E-state index is 14.1. The minimum absolute atomic E-state index is 0.0738. The third-order valence-electron chi connectivity index (χ3n) is 6.76. The lowest BCUT2D eigenvalue weighted by atomic mass is 10.0. The van der Waals surface area contributed by atoms with Crippen molar-refractivity contribution >= 4 is 27.5 Å². The van der Waals surface area contributed by atoms with Crippen molar-refractivity contribution in [3.8, 4) is 5.75 Å². The first kappa shape index (κ1) is 31.7. The second-order valence-electron chi connectivity index (χ2n) is 10.5. The monoisotopic (exact) mass is 579 g/mol. The van der Waals surface area contributed by atoms with Gasteiger partial charge in [-0.2, -0.15) is 0 Å². The first-order chi connectivity index (χ1) is 19.5. The van der Waals surface area contributed by atoms with E-state index in [0.29, 0.717) is 17.9 Å². The average Bonchev–Trinajstić information content (AvgIpc) is 2.95. The molecule has 1 N–H and O–H groups in total. The number of benzene rings is 3.